The van der Waals surface area contributed by atoms with E-state index in [9.17, 15) is 19.2 Å². The normalized spacial score (nSPS) is 17.9. The van der Waals surface area contributed by atoms with Crippen LogP contribution in [0.5, 0.6) is 0 Å². The number of hydrogen-bond donors (Lipinski definition) is 2. The fourth-order valence-corrected chi connectivity index (χ4v) is 5.08. The highest BCUT2D eigenvalue weighted by Gasteiger charge is 2.36. The first-order chi connectivity index (χ1) is 18.5. The minimum absolute atomic E-state index is 0. The maximum Gasteiger partial charge on any atom is 0.437 e. The molecule has 10 nitrogen and oxygen atoms in total. The van der Waals surface area contributed by atoms with Crippen LogP contribution in [-0.4, -0.2) is 58.5 Å². The molecule has 1 aliphatic rings. The molecule has 3 atom stereocenters. The second-order valence-electron chi connectivity index (χ2n) is 11.7. The Labute approximate surface area is 242 Å². The van der Waals surface area contributed by atoms with Gasteiger partial charge < -0.3 is 20.0 Å². The highest BCUT2D eigenvalue weighted by atomic mass is 35.5. The number of nitrogens with one attached hydrogen (secondary N) is 2. The van der Waals surface area contributed by atoms with Gasteiger partial charge in [0.05, 0.1) is 18.5 Å². The Bertz CT molecular complexity index is 1210. The molecule has 0 spiro atoms. The number of Topliss-reactive ketones (excluding diaryl/α,β-unsaturated/α-hetero) is 1. The third-order valence-electron chi connectivity index (χ3n) is 6.86. The van der Waals surface area contributed by atoms with E-state index >= 15 is 0 Å². The smallest absolute Gasteiger partial charge is 0.384 e. The molecule has 0 unspecified atom stereocenters. The molecule has 3 rings (SSSR count). The van der Waals surface area contributed by atoms with E-state index in [0.29, 0.717) is 37.9 Å². The molecule has 2 N–H and O–H groups in total. The van der Waals surface area contributed by atoms with Gasteiger partial charge in [-0.25, -0.2) is 4.79 Å². The van der Waals surface area contributed by atoms with Gasteiger partial charge in [-0.3, -0.25) is 14.4 Å². The van der Waals surface area contributed by atoms with Crippen LogP contribution in [-0.2, 0) is 17.9 Å². The molecule has 1 aliphatic carbocycles. The van der Waals surface area contributed by atoms with E-state index in [1.807, 2.05) is 64.9 Å². The van der Waals surface area contributed by atoms with Crippen LogP contribution in [0.25, 0.3) is 0 Å². The monoisotopic (exact) mass is 577 g/mol. The lowest BCUT2D eigenvalue weighted by molar-refractivity contribution is -0.127. The number of benzene rings is 1. The fraction of sp³-hybridized carbons (Fsp3) is 0.621. The summed E-state index contributed by atoms with van der Waals surface area (Å²) in [5, 5.41) is 10.1. The van der Waals surface area contributed by atoms with Crippen molar-refractivity contribution in [1.29, 1.82) is 0 Å². The second kappa shape index (κ2) is 15.1. The van der Waals surface area contributed by atoms with Crippen LogP contribution in [0.3, 0.4) is 0 Å². The largest absolute Gasteiger partial charge is 0.437 e. The van der Waals surface area contributed by atoms with E-state index in [1.54, 1.807) is 6.07 Å². The lowest BCUT2D eigenvalue weighted by Gasteiger charge is -2.32. The molecule has 0 bridgehead atoms. The summed E-state index contributed by atoms with van der Waals surface area (Å²) in [4.78, 5) is 54.3. The number of halogens is 1. The average molecular weight is 578 g/mol. The third-order valence-corrected chi connectivity index (χ3v) is 6.86. The molecule has 1 saturated carbocycles. The number of rotatable bonds is 12. The fourth-order valence-electron chi connectivity index (χ4n) is 5.08. The van der Waals surface area contributed by atoms with Crippen molar-refractivity contribution in [3.8, 4) is 0 Å². The Morgan fingerprint density at radius 2 is 1.75 bits per heavy atom. The van der Waals surface area contributed by atoms with Gasteiger partial charge in [-0.1, -0.05) is 58.7 Å². The predicted octanol–water partition coefficient (Wildman–Crippen LogP) is 3.68. The zero-order valence-corrected chi connectivity index (χ0v) is 25.3. The molecule has 0 aliphatic heterocycles. The number of aromatic nitrogens is 2. The van der Waals surface area contributed by atoms with Gasteiger partial charge in [0.2, 0.25) is 11.7 Å². The van der Waals surface area contributed by atoms with Crippen LogP contribution in [0, 0.1) is 17.8 Å². The standard InChI is InChI=1S/C29H43N5O5.ClH/c1-18(2)15-24(25(35)28-32-34(16-19(3)4)29(38)39-28)31-27(37)22-13-9-10-14-23(22)30-26(36)21-12-8-7-11-20(21)17-33(5)6;/h7-8,11-12,18-19,22-24H,9-10,13-17H2,1-6H3,(H,30,36)(H,31,37);1H/t22-,23+,24+;/m1./s1. The van der Waals surface area contributed by atoms with Gasteiger partial charge in [0, 0.05) is 18.2 Å². The Morgan fingerprint density at radius 3 is 2.40 bits per heavy atom. The highest BCUT2D eigenvalue weighted by Crippen LogP contribution is 2.26. The molecule has 0 radical (unpaired) electrons. The second-order valence-corrected chi connectivity index (χ2v) is 11.7. The molecule has 222 valence electrons. The molecule has 11 heteroatoms. The molecule has 1 aromatic heterocycles. The van der Waals surface area contributed by atoms with Crippen LogP contribution in [0.15, 0.2) is 33.5 Å². The summed E-state index contributed by atoms with van der Waals surface area (Å²) >= 11 is 0. The van der Waals surface area contributed by atoms with Gasteiger partial charge in [-0.05, 0) is 56.8 Å². The number of carbonyl (C=O) groups excluding carboxylic acids is 3. The highest BCUT2D eigenvalue weighted by molar-refractivity contribution is 5.99. The van der Waals surface area contributed by atoms with Crippen molar-refractivity contribution in [1.82, 2.24) is 25.3 Å². The summed E-state index contributed by atoms with van der Waals surface area (Å²) in [7, 11) is 3.90. The van der Waals surface area contributed by atoms with Crippen molar-refractivity contribution >= 4 is 30.0 Å². The Morgan fingerprint density at radius 1 is 1.07 bits per heavy atom. The molecule has 1 aromatic carbocycles. The van der Waals surface area contributed by atoms with Gasteiger partial charge in [-0.2, -0.15) is 4.68 Å². The van der Waals surface area contributed by atoms with Crippen molar-refractivity contribution in [3.63, 3.8) is 0 Å². The van der Waals surface area contributed by atoms with Crippen molar-refractivity contribution in [3.05, 3.63) is 51.8 Å². The molecule has 1 heterocycles. The van der Waals surface area contributed by atoms with E-state index in [0.717, 1.165) is 23.1 Å². The van der Waals surface area contributed by atoms with E-state index < -0.39 is 23.5 Å². The number of ketones is 1. The van der Waals surface area contributed by atoms with Gasteiger partial charge in [-0.15, -0.1) is 17.5 Å². The number of carbonyl (C=O) groups is 3. The van der Waals surface area contributed by atoms with Crippen molar-refractivity contribution < 1.29 is 18.8 Å². The molecular weight excluding hydrogens is 534 g/mol. The van der Waals surface area contributed by atoms with Crippen LogP contribution in [0.2, 0.25) is 0 Å². The van der Waals surface area contributed by atoms with Crippen molar-refractivity contribution in [2.75, 3.05) is 14.1 Å². The van der Waals surface area contributed by atoms with Crippen LogP contribution >= 0.6 is 12.4 Å². The number of amides is 2. The maximum atomic E-state index is 13.5. The minimum Gasteiger partial charge on any atom is -0.384 e. The molecule has 40 heavy (non-hydrogen) atoms. The minimum atomic E-state index is -0.887. The lowest BCUT2D eigenvalue weighted by Crippen LogP contribution is -2.52. The molecular formula is C29H44ClN5O5. The summed E-state index contributed by atoms with van der Waals surface area (Å²) in [6, 6.07) is 6.24. The Hall–Kier alpha value is -2.98. The summed E-state index contributed by atoms with van der Waals surface area (Å²) in [5.74, 6) is -2.23. The van der Waals surface area contributed by atoms with Crippen molar-refractivity contribution in [2.24, 2.45) is 17.8 Å². The van der Waals surface area contributed by atoms with E-state index in [1.165, 1.54) is 0 Å². The molecule has 2 aromatic rings. The summed E-state index contributed by atoms with van der Waals surface area (Å²) in [6.07, 6.45) is 3.42. The van der Waals surface area contributed by atoms with Crippen molar-refractivity contribution in [2.45, 2.75) is 85.0 Å². The summed E-state index contributed by atoms with van der Waals surface area (Å²) in [5.41, 5.74) is 1.51. The predicted molar refractivity (Wildman–Crippen MR) is 156 cm³/mol. The number of nitrogens with zero attached hydrogens (tertiary/aromatic N) is 3. The first-order valence-corrected chi connectivity index (χ1v) is 13.9. The Kier molecular flexibility index (Phi) is 12.6. The van der Waals surface area contributed by atoms with Crippen LogP contribution in [0.4, 0.5) is 0 Å². The molecule has 0 saturated heterocycles. The third kappa shape index (κ3) is 9.02. The summed E-state index contributed by atoms with van der Waals surface area (Å²) < 4.78 is 6.31. The molecule has 2 amide bonds. The molecule has 1 fully saturated rings. The van der Waals surface area contributed by atoms with E-state index in [2.05, 4.69) is 15.7 Å². The van der Waals surface area contributed by atoms with E-state index in [4.69, 9.17) is 4.42 Å². The van der Waals surface area contributed by atoms with Gasteiger partial charge in [0.15, 0.2) is 0 Å². The first kappa shape index (κ1) is 33.2. The SMILES string of the molecule is CC(C)C[C@H](NC(=O)[C@@H]1CCCC[C@@H]1NC(=O)c1ccccc1CN(C)C)C(=O)c1nn(CC(C)C)c(=O)o1.Cl. The quantitative estimate of drug-likeness (QED) is 0.368. The lowest BCUT2D eigenvalue weighted by atomic mass is 9.83. The Balaban J connectivity index is 0.00000560. The summed E-state index contributed by atoms with van der Waals surface area (Å²) in [6.45, 7) is 8.73. The zero-order chi connectivity index (χ0) is 28.7. The van der Waals surface area contributed by atoms with E-state index in [-0.39, 0.29) is 48.0 Å². The number of hydrogen-bond acceptors (Lipinski definition) is 7. The van der Waals surface area contributed by atoms with Gasteiger partial charge in [0.1, 0.15) is 0 Å². The van der Waals surface area contributed by atoms with Gasteiger partial charge >= 0.3 is 5.76 Å². The van der Waals surface area contributed by atoms with Crippen LogP contribution in [0.1, 0.15) is 86.4 Å². The average Bonchev–Trinajstić information content (AvgIpc) is 3.22. The zero-order valence-electron chi connectivity index (χ0n) is 24.4. The van der Waals surface area contributed by atoms with Gasteiger partial charge in [0.25, 0.3) is 11.8 Å². The van der Waals surface area contributed by atoms with Crippen LogP contribution < -0.4 is 16.4 Å². The first-order valence-electron chi connectivity index (χ1n) is 13.9. The maximum absolute atomic E-state index is 13.5. The topological polar surface area (TPSA) is 127 Å².